The Morgan fingerprint density at radius 2 is 1.88 bits per heavy atom. The molecule has 2 unspecified atom stereocenters. The number of hydrogen-bond donors (Lipinski definition) is 1. The second-order valence-corrected chi connectivity index (χ2v) is 7.56. The van der Waals surface area contributed by atoms with E-state index in [1.807, 2.05) is 18.7 Å². The molecule has 0 aromatic heterocycles. The topological polar surface area (TPSA) is 69.7 Å². The summed E-state index contributed by atoms with van der Waals surface area (Å²) in [6.45, 7) is 4.50. The summed E-state index contributed by atoms with van der Waals surface area (Å²) in [5.74, 6) is -0.177. The van der Waals surface area contributed by atoms with Crippen LogP contribution in [0.5, 0.6) is 0 Å². The third-order valence-corrected chi connectivity index (χ3v) is 6.22. The number of imide groups is 1. The van der Waals surface area contributed by atoms with Crippen LogP contribution in [0, 0.1) is 5.92 Å². The van der Waals surface area contributed by atoms with Crippen molar-refractivity contribution < 1.29 is 14.4 Å². The standard InChI is InChI=1S/C18H29N3O3/c1-3-20(14-9-4-5-10-14)15(22)12-21-16(23)18(19-17(21)24)11-7-6-8-13(18)2/h13-14H,3-12H2,1-2H3,(H,19,24). The van der Waals surface area contributed by atoms with Gasteiger partial charge in [0, 0.05) is 12.6 Å². The molecule has 0 aromatic carbocycles. The Kier molecular flexibility index (Phi) is 4.83. The molecule has 2 saturated carbocycles. The second kappa shape index (κ2) is 6.73. The molecule has 1 N–H and O–H groups in total. The summed E-state index contributed by atoms with van der Waals surface area (Å²) in [6, 6.07) is -0.129. The van der Waals surface area contributed by atoms with Crippen molar-refractivity contribution in [3.05, 3.63) is 0 Å². The Morgan fingerprint density at radius 3 is 2.50 bits per heavy atom. The predicted molar refractivity (Wildman–Crippen MR) is 90.3 cm³/mol. The van der Waals surface area contributed by atoms with Crippen molar-refractivity contribution in [2.75, 3.05) is 13.1 Å². The van der Waals surface area contributed by atoms with Crippen LogP contribution in [0.2, 0.25) is 0 Å². The number of likely N-dealkylation sites (N-methyl/N-ethyl adjacent to an activating group) is 1. The summed E-state index contributed by atoms with van der Waals surface area (Å²) in [5.41, 5.74) is -0.778. The summed E-state index contributed by atoms with van der Waals surface area (Å²) in [7, 11) is 0. The number of nitrogens with one attached hydrogen (secondary N) is 1. The number of rotatable bonds is 4. The van der Waals surface area contributed by atoms with E-state index in [1.165, 1.54) is 0 Å². The molecule has 2 aliphatic carbocycles. The molecule has 6 nitrogen and oxygen atoms in total. The van der Waals surface area contributed by atoms with Gasteiger partial charge in [-0.25, -0.2) is 4.79 Å². The van der Waals surface area contributed by atoms with Crippen LogP contribution in [0.3, 0.4) is 0 Å². The fourth-order valence-corrected chi connectivity index (χ4v) is 4.72. The normalized spacial score (nSPS) is 30.9. The highest BCUT2D eigenvalue weighted by Gasteiger charge is 2.55. The minimum Gasteiger partial charge on any atom is -0.338 e. The van der Waals surface area contributed by atoms with E-state index in [1.54, 1.807) is 0 Å². The molecular formula is C18H29N3O3. The monoisotopic (exact) mass is 335 g/mol. The highest BCUT2D eigenvalue weighted by Crippen LogP contribution is 2.38. The quantitative estimate of drug-likeness (QED) is 0.801. The Labute approximate surface area is 143 Å². The number of amides is 4. The molecule has 1 aliphatic heterocycles. The Balaban J connectivity index is 1.71. The van der Waals surface area contributed by atoms with Gasteiger partial charge in [-0.15, -0.1) is 0 Å². The highest BCUT2D eigenvalue weighted by molar-refractivity contribution is 6.09. The van der Waals surface area contributed by atoms with Crippen molar-refractivity contribution in [3.8, 4) is 0 Å². The van der Waals surface area contributed by atoms with Gasteiger partial charge in [0.2, 0.25) is 5.91 Å². The minimum atomic E-state index is -0.778. The highest BCUT2D eigenvalue weighted by atomic mass is 16.2. The Bertz CT molecular complexity index is 530. The lowest BCUT2D eigenvalue weighted by atomic mass is 9.73. The fraction of sp³-hybridized carbons (Fsp3) is 0.833. The maximum absolute atomic E-state index is 12.9. The van der Waals surface area contributed by atoms with Crippen molar-refractivity contribution >= 4 is 17.8 Å². The van der Waals surface area contributed by atoms with Gasteiger partial charge in [0.05, 0.1) is 0 Å². The van der Waals surface area contributed by atoms with Crippen molar-refractivity contribution in [1.29, 1.82) is 0 Å². The minimum absolute atomic E-state index is 0.103. The van der Waals surface area contributed by atoms with Crippen LogP contribution in [0.15, 0.2) is 0 Å². The Hall–Kier alpha value is -1.59. The van der Waals surface area contributed by atoms with Crippen LogP contribution >= 0.6 is 0 Å². The van der Waals surface area contributed by atoms with E-state index < -0.39 is 11.6 Å². The summed E-state index contributed by atoms with van der Waals surface area (Å²) in [5, 5.41) is 2.92. The van der Waals surface area contributed by atoms with Gasteiger partial charge >= 0.3 is 6.03 Å². The van der Waals surface area contributed by atoms with Gasteiger partial charge in [-0.1, -0.05) is 32.6 Å². The van der Waals surface area contributed by atoms with Crippen LogP contribution in [-0.2, 0) is 9.59 Å². The molecule has 24 heavy (non-hydrogen) atoms. The molecule has 3 fully saturated rings. The van der Waals surface area contributed by atoms with E-state index in [2.05, 4.69) is 5.32 Å². The summed E-state index contributed by atoms with van der Waals surface area (Å²) < 4.78 is 0. The maximum atomic E-state index is 12.9. The first-order chi connectivity index (χ1) is 11.5. The second-order valence-electron chi connectivity index (χ2n) is 7.56. The van der Waals surface area contributed by atoms with Gasteiger partial charge in [0.1, 0.15) is 12.1 Å². The van der Waals surface area contributed by atoms with Crippen molar-refractivity contribution in [1.82, 2.24) is 15.1 Å². The third kappa shape index (κ3) is 2.80. The van der Waals surface area contributed by atoms with Gasteiger partial charge in [-0.2, -0.15) is 0 Å². The lowest BCUT2D eigenvalue weighted by Crippen LogP contribution is -2.54. The smallest absolute Gasteiger partial charge is 0.325 e. The van der Waals surface area contributed by atoms with Crippen molar-refractivity contribution in [2.24, 2.45) is 5.92 Å². The first-order valence-corrected chi connectivity index (χ1v) is 9.43. The predicted octanol–water partition coefficient (Wildman–Crippen LogP) is 2.28. The third-order valence-electron chi connectivity index (χ3n) is 6.22. The zero-order chi connectivity index (χ0) is 17.3. The number of carbonyl (C=O) groups excluding carboxylic acids is 3. The van der Waals surface area contributed by atoms with Crippen LogP contribution in [0.25, 0.3) is 0 Å². The van der Waals surface area contributed by atoms with Crippen LogP contribution in [-0.4, -0.2) is 52.3 Å². The number of hydrogen-bond acceptors (Lipinski definition) is 3. The van der Waals surface area contributed by atoms with E-state index in [-0.39, 0.29) is 30.3 Å². The van der Waals surface area contributed by atoms with E-state index in [9.17, 15) is 14.4 Å². The maximum Gasteiger partial charge on any atom is 0.325 e. The molecular weight excluding hydrogens is 306 g/mol. The molecule has 2 atom stereocenters. The first kappa shape index (κ1) is 17.2. The number of urea groups is 1. The molecule has 3 aliphatic rings. The zero-order valence-electron chi connectivity index (χ0n) is 14.8. The summed E-state index contributed by atoms with van der Waals surface area (Å²) in [6.07, 6.45) is 8.02. The summed E-state index contributed by atoms with van der Waals surface area (Å²) in [4.78, 5) is 41.1. The lowest BCUT2D eigenvalue weighted by molar-refractivity contribution is -0.141. The Morgan fingerprint density at radius 1 is 1.21 bits per heavy atom. The van der Waals surface area contributed by atoms with E-state index in [0.29, 0.717) is 13.0 Å². The van der Waals surface area contributed by atoms with Crippen LogP contribution in [0.4, 0.5) is 4.79 Å². The zero-order valence-corrected chi connectivity index (χ0v) is 14.8. The first-order valence-electron chi connectivity index (χ1n) is 9.43. The van der Waals surface area contributed by atoms with E-state index >= 15 is 0 Å². The lowest BCUT2D eigenvalue weighted by Gasteiger charge is -2.37. The van der Waals surface area contributed by atoms with E-state index in [4.69, 9.17) is 0 Å². The SMILES string of the molecule is CCN(C(=O)CN1C(=O)NC2(CCCCC2C)C1=O)C1CCCC1. The van der Waals surface area contributed by atoms with Gasteiger partial charge < -0.3 is 10.2 Å². The molecule has 1 heterocycles. The summed E-state index contributed by atoms with van der Waals surface area (Å²) >= 11 is 0. The van der Waals surface area contributed by atoms with Crippen LogP contribution in [0.1, 0.15) is 65.2 Å². The molecule has 1 saturated heterocycles. The van der Waals surface area contributed by atoms with Crippen molar-refractivity contribution in [3.63, 3.8) is 0 Å². The van der Waals surface area contributed by atoms with Gasteiger partial charge in [-0.3, -0.25) is 14.5 Å². The molecule has 0 radical (unpaired) electrons. The molecule has 0 bridgehead atoms. The van der Waals surface area contributed by atoms with Crippen molar-refractivity contribution in [2.45, 2.75) is 76.8 Å². The molecule has 6 heteroatoms. The molecule has 1 spiro atoms. The van der Waals surface area contributed by atoms with Crippen LogP contribution < -0.4 is 5.32 Å². The fourth-order valence-electron chi connectivity index (χ4n) is 4.72. The molecule has 3 rings (SSSR count). The van der Waals surface area contributed by atoms with Gasteiger partial charge in [0.25, 0.3) is 5.91 Å². The largest absolute Gasteiger partial charge is 0.338 e. The molecule has 0 aromatic rings. The average Bonchev–Trinajstić information content (AvgIpc) is 3.15. The number of carbonyl (C=O) groups is 3. The average molecular weight is 335 g/mol. The molecule has 4 amide bonds. The van der Waals surface area contributed by atoms with Gasteiger partial charge in [-0.05, 0) is 38.5 Å². The van der Waals surface area contributed by atoms with E-state index in [0.717, 1.165) is 49.8 Å². The van der Waals surface area contributed by atoms with Gasteiger partial charge in [0.15, 0.2) is 0 Å². The molecule has 134 valence electrons. The number of nitrogens with zero attached hydrogens (tertiary/aromatic N) is 2.